The Kier molecular flexibility index (Phi) is 6.83. The molecule has 0 spiro atoms. The molecule has 1 aromatic rings. The minimum absolute atomic E-state index is 0.120. The Labute approximate surface area is 196 Å². The Hall–Kier alpha value is -2.58. The first-order chi connectivity index (χ1) is 15.5. The van der Waals surface area contributed by atoms with Crippen LogP contribution in [0.3, 0.4) is 0 Å². The van der Waals surface area contributed by atoms with Crippen molar-refractivity contribution in [3.05, 3.63) is 48.1 Å². The predicted octanol–water partition coefficient (Wildman–Crippen LogP) is 4.01. The Morgan fingerprint density at radius 3 is 1.94 bits per heavy atom. The zero-order valence-corrected chi connectivity index (χ0v) is 20.5. The fourth-order valence-corrected chi connectivity index (χ4v) is 4.54. The number of benzene rings is 1. The van der Waals surface area contributed by atoms with Gasteiger partial charge in [0.05, 0.1) is 32.5 Å². The molecule has 2 fully saturated rings. The quantitative estimate of drug-likeness (QED) is 0.277. The highest BCUT2D eigenvalue weighted by atomic mass is 16.7. The molecule has 33 heavy (non-hydrogen) atoms. The third kappa shape index (κ3) is 4.22. The Morgan fingerprint density at radius 1 is 1.00 bits per heavy atom. The van der Waals surface area contributed by atoms with E-state index in [4.69, 9.17) is 23.5 Å². The van der Waals surface area contributed by atoms with E-state index < -0.39 is 35.7 Å². The second kappa shape index (κ2) is 8.99. The molecule has 1 atom stereocenters. The zero-order valence-electron chi connectivity index (χ0n) is 20.5. The van der Waals surface area contributed by atoms with Crippen molar-refractivity contribution >= 4 is 24.5 Å². The molecule has 0 amide bonds. The van der Waals surface area contributed by atoms with Gasteiger partial charge in [0, 0.05) is 0 Å². The van der Waals surface area contributed by atoms with E-state index in [0.29, 0.717) is 5.75 Å². The van der Waals surface area contributed by atoms with Crippen LogP contribution in [-0.2, 0) is 28.4 Å². The Balaban J connectivity index is 2.23. The van der Waals surface area contributed by atoms with E-state index in [1.165, 1.54) is 14.2 Å². The van der Waals surface area contributed by atoms with Gasteiger partial charge in [-0.25, -0.2) is 0 Å². The van der Waals surface area contributed by atoms with Crippen LogP contribution in [0.4, 0.5) is 0 Å². The number of esters is 2. The number of methoxy groups -OCH3 is 3. The lowest BCUT2D eigenvalue weighted by molar-refractivity contribution is -0.168. The number of carbonyl (C=O) groups excluding carboxylic acids is 2. The third-order valence-electron chi connectivity index (χ3n) is 7.18. The van der Waals surface area contributed by atoms with E-state index >= 15 is 0 Å². The maximum Gasteiger partial charge on any atom is 0.495 e. The summed E-state index contributed by atoms with van der Waals surface area (Å²) in [6.45, 7) is 11.9. The van der Waals surface area contributed by atoms with Gasteiger partial charge in [-0.05, 0) is 69.6 Å². The van der Waals surface area contributed by atoms with Crippen LogP contribution < -0.4 is 4.74 Å². The summed E-state index contributed by atoms with van der Waals surface area (Å²) >= 11 is 0. The smallest absolute Gasteiger partial charge is 0.495 e. The maximum absolute atomic E-state index is 12.9. The van der Waals surface area contributed by atoms with Crippen LogP contribution in [0.5, 0.6) is 5.75 Å². The minimum atomic E-state index is -1.46. The highest BCUT2D eigenvalue weighted by Gasteiger charge is 2.58. The highest BCUT2D eigenvalue weighted by Crippen LogP contribution is 2.52. The first-order valence-corrected chi connectivity index (χ1v) is 11.0. The monoisotopic (exact) mass is 456 g/mol. The first-order valence-electron chi connectivity index (χ1n) is 11.0. The third-order valence-corrected chi connectivity index (χ3v) is 7.18. The number of hydrogen-bond acceptors (Lipinski definition) is 7. The average molecular weight is 456 g/mol. The molecule has 178 valence electrons. The van der Waals surface area contributed by atoms with Crippen molar-refractivity contribution in [2.75, 3.05) is 21.3 Å². The van der Waals surface area contributed by atoms with E-state index in [9.17, 15) is 9.59 Å². The predicted molar refractivity (Wildman–Crippen MR) is 125 cm³/mol. The van der Waals surface area contributed by atoms with Gasteiger partial charge in [0.15, 0.2) is 5.41 Å². The molecular weight excluding hydrogens is 423 g/mol. The van der Waals surface area contributed by atoms with Crippen molar-refractivity contribution in [2.45, 2.75) is 51.7 Å². The molecule has 8 heteroatoms. The lowest BCUT2D eigenvalue weighted by Gasteiger charge is -2.32. The standard InChI is InChI=1S/C25H33BO7/c1-9-16-14-25(21(27)30-7,22(28)31-8)15-19(16)20(17-10-12-18(29-6)13-11-17)26-32-23(2,3)24(4,5)33-26/h9-13,16H,1,14-15H2,2-8H3/b20-19-. The van der Waals surface area contributed by atoms with E-state index in [1.54, 1.807) is 13.2 Å². The van der Waals surface area contributed by atoms with E-state index in [0.717, 1.165) is 16.6 Å². The highest BCUT2D eigenvalue weighted by molar-refractivity contribution is 6.69. The average Bonchev–Trinajstić information content (AvgIpc) is 3.27. The summed E-state index contributed by atoms with van der Waals surface area (Å²) in [4.78, 5) is 25.7. The van der Waals surface area contributed by atoms with E-state index in [-0.39, 0.29) is 18.8 Å². The van der Waals surface area contributed by atoms with Gasteiger partial charge in [-0.3, -0.25) is 9.59 Å². The fraction of sp³-hybridized carbons (Fsp3) is 0.520. The van der Waals surface area contributed by atoms with Crippen molar-refractivity contribution < 1.29 is 33.1 Å². The topological polar surface area (TPSA) is 80.3 Å². The van der Waals surface area contributed by atoms with Gasteiger partial charge in [0.1, 0.15) is 5.75 Å². The molecule has 1 saturated carbocycles. The fourth-order valence-electron chi connectivity index (χ4n) is 4.54. The summed E-state index contributed by atoms with van der Waals surface area (Å²) < 4.78 is 28.2. The molecule has 1 aromatic carbocycles. The van der Waals surface area contributed by atoms with Gasteiger partial charge in [-0.15, -0.1) is 6.58 Å². The van der Waals surface area contributed by atoms with Crippen LogP contribution in [0.25, 0.3) is 5.47 Å². The number of ether oxygens (including phenoxy) is 3. The van der Waals surface area contributed by atoms with Crippen molar-refractivity contribution in [3.8, 4) is 5.75 Å². The van der Waals surface area contributed by atoms with Crippen molar-refractivity contribution in [1.82, 2.24) is 0 Å². The molecule has 1 heterocycles. The summed E-state index contributed by atoms with van der Waals surface area (Å²) in [5.41, 5.74) is -0.138. The second-order valence-corrected chi connectivity index (χ2v) is 9.54. The summed E-state index contributed by atoms with van der Waals surface area (Å²) in [7, 11) is 3.45. The normalized spacial score (nSPS) is 24.2. The van der Waals surface area contributed by atoms with Gasteiger partial charge >= 0.3 is 19.1 Å². The van der Waals surface area contributed by atoms with Gasteiger partial charge < -0.3 is 23.5 Å². The molecule has 2 aliphatic rings. The SMILES string of the molecule is C=CC1CC(C(=O)OC)(C(=O)OC)C/C1=C(/B1OC(C)(C)C(C)(C)O1)c1ccc(OC)cc1. The molecule has 7 nitrogen and oxygen atoms in total. The van der Waals surface area contributed by atoms with Crippen LogP contribution in [0.2, 0.25) is 0 Å². The van der Waals surface area contributed by atoms with Gasteiger partial charge in [-0.2, -0.15) is 0 Å². The number of allylic oxidation sites excluding steroid dienone is 2. The second-order valence-electron chi connectivity index (χ2n) is 9.54. The number of hydrogen-bond donors (Lipinski definition) is 0. The Morgan fingerprint density at radius 2 is 1.52 bits per heavy atom. The molecule has 1 unspecified atom stereocenters. The number of rotatable bonds is 6. The summed E-state index contributed by atoms with van der Waals surface area (Å²) in [5, 5.41) is 0. The molecule has 0 N–H and O–H groups in total. The van der Waals surface area contributed by atoms with Crippen molar-refractivity contribution in [1.29, 1.82) is 0 Å². The molecule has 3 rings (SSSR count). The lowest BCUT2D eigenvalue weighted by Crippen LogP contribution is -2.41. The molecule has 1 saturated heterocycles. The largest absolute Gasteiger partial charge is 0.497 e. The molecule has 0 radical (unpaired) electrons. The molecule has 0 aromatic heterocycles. The molecule has 1 aliphatic heterocycles. The Bertz CT molecular complexity index is 929. The van der Waals surface area contributed by atoms with Crippen molar-refractivity contribution in [3.63, 3.8) is 0 Å². The summed E-state index contributed by atoms with van der Waals surface area (Å²) in [5.74, 6) is -0.820. The summed E-state index contributed by atoms with van der Waals surface area (Å²) in [6, 6.07) is 7.55. The first kappa shape index (κ1) is 25.1. The zero-order chi connectivity index (χ0) is 24.6. The van der Waals surface area contributed by atoms with Gasteiger partial charge in [-0.1, -0.05) is 23.8 Å². The molecule has 0 bridgehead atoms. The van der Waals surface area contributed by atoms with Gasteiger partial charge in [0.2, 0.25) is 0 Å². The lowest BCUT2D eigenvalue weighted by atomic mass is 9.69. The van der Waals surface area contributed by atoms with Crippen LogP contribution in [-0.4, -0.2) is 51.6 Å². The summed E-state index contributed by atoms with van der Waals surface area (Å²) in [6.07, 6.45) is 2.07. The van der Waals surface area contributed by atoms with Crippen LogP contribution in [0.1, 0.15) is 46.1 Å². The number of carbonyl (C=O) groups is 2. The van der Waals surface area contributed by atoms with Crippen molar-refractivity contribution in [2.24, 2.45) is 11.3 Å². The minimum Gasteiger partial charge on any atom is -0.497 e. The van der Waals surface area contributed by atoms with Gasteiger partial charge in [0.25, 0.3) is 0 Å². The van der Waals surface area contributed by atoms with Crippen LogP contribution in [0.15, 0.2) is 42.5 Å². The maximum atomic E-state index is 12.9. The van der Waals surface area contributed by atoms with Crippen LogP contribution in [0, 0.1) is 11.3 Å². The van der Waals surface area contributed by atoms with E-state index in [1.807, 2.05) is 52.0 Å². The molecular formula is C25H33BO7. The van der Waals surface area contributed by atoms with Crippen LogP contribution >= 0.6 is 0 Å². The molecule has 1 aliphatic carbocycles. The van der Waals surface area contributed by atoms with E-state index in [2.05, 4.69) is 6.58 Å².